The quantitative estimate of drug-likeness (QED) is 0.634. The molecular weight excluding hydrogens is 282 g/mol. The molecule has 0 saturated heterocycles. The van der Waals surface area contributed by atoms with Gasteiger partial charge in [-0.05, 0) is 24.3 Å². The van der Waals surface area contributed by atoms with Crippen LogP contribution in [-0.4, -0.2) is 4.98 Å². The molecule has 21 heavy (non-hydrogen) atoms. The van der Waals surface area contributed by atoms with Crippen molar-refractivity contribution in [3.63, 3.8) is 0 Å². The lowest BCUT2D eigenvalue weighted by Crippen LogP contribution is -2.25. The van der Waals surface area contributed by atoms with Gasteiger partial charge in [-0.25, -0.2) is 4.98 Å². The van der Waals surface area contributed by atoms with E-state index in [-0.39, 0.29) is 10.5 Å². The molecule has 1 heterocycles. The second-order valence-electron chi connectivity index (χ2n) is 4.33. The molecule has 2 aromatic carbocycles. The molecular formula is C15H13N5S. The molecule has 0 saturated carbocycles. The Bertz CT molecular complexity index is 903. The van der Waals surface area contributed by atoms with Gasteiger partial charge in [0.15, 0.2) is 11.2 Å². The van der Waals surface area contributed by atoms with Gasteiger partial charge >= 0.3 is 0 Å². The standard InChI is InChI=1S/C15H13N5S/c16-14-13(20-19-10-6-2-1-3-7-10)15(17)21-12-9-5-4-8-11(12)18-14/h1-9,17,19H,(H2,16,18)/b17-15?,20-13+. The van der Waals surface area contributed by atoms with Crippen LogP contribution in [0.2, 0.25) is 0 Å². The number of nitrogens with zero attached hydrogens (tertiary/aromatic N) is 2. The predicted octanol–water partition coefficient (Wildman–Crippen LogP) is 2.29. The van der Waals surface area contributed by atoms with Crippen LogP contribution in [0.1, 0.15) is 0 Å². The highest BCUT2D eigenvalue weighted by Gasteiger charge is 2.00. The summed E-state index contributed by atoms with van der Waals surface area (Å²) < 4.78 is 1.17. The summed E-state index contributed by atoms with van der Waals surface area (Å²) in [7, 11) is 0. The summed E-state index contributed by atoms with van der Waals surface area (Å²) in [6.45, 7) is 0. The third-order valence-corrected chi connectivity index (χ3v) is 3.81. The van der Waals surface area contributed by atoms with Crippen LogP contribution < -0.4 is 21.2 Å². The molecule has 6 heteroatoms. The Hall–Kier alpha value is -2.73. The van der Waals surface area contributed by atoms with E-state index >= 15 is 0 Å². The van der Waals surface area contributed by atoms with Crippen molar-refractivity contribution >= 4 is 33.1 Å². The van der Waals surface area contributed by atoms with E-state index in [4.69, 9.17) is 11.1 Å². The first-order valence-electron chi connectivity index (χ1n) is 6.33. The van der Waals surface area contributed by atoms with E-state index < -0.39 is 0 Å². The summed E-state index contributed by atoms with van der Waals surface area (Å²) in [6.07, 6.45) is 0. The minimum absolute atomic E-state index is 0.237. The van der Waals surface area contributed by atoms with Crippen LogP contribution >= 0.6 is 11.3 Å². The molecule has 3 aromatic rings. The van der Waals surface area contributed by atoms with Crippen LogP contribution in [-0.2, 0) is 0 Å². The van der Waals surface area contributed by atoms with Crippen LogP contribution in [0.15, 0.2) is 59.7 Å². The second kappa shape index (κ2) is 5.72. The Balaban J connectivity index is 2.16. The summed E-state index contributed by atoms with van der Waals surface area (Å²) in [5, 5.41) is 12.7. The van der Waals surface area contributed by atoms with Crippen LogP contribution in [0.25, 0.3) is 10.2 Å². The second-order valence-corrected chi connectivity index (χ2v) is 5.39. The van der Waals surface area contributed by atoms with E-state index in [1.54, 1.807) is 0 Å². The zero-order valence-corrected chi connectivity index (χ0v) is 11.9. The highest BCUT2D eigenvalue weighted by molar-refractivity contribution is 7.15. The lowest BCUT2D eigenvalue weighted by molar-refractivity contribution is 1.15. The van der Waals surface area contributed by atoms with E-state index in [1.165, 1.54) is 11.3 Å². The number of aromatic nitrogens is 1. The monoisotopic (exact) mass is 295 g/mol. The van der Waals surface area contributed by atoms with E-state index in [2.05, 4.69) is 15.5 Å². The molecule has 0 radical (unpaired) electrons. The number of hydrogen-bond acceptors (Lipinski definition) is 6. The van der Waals surface area contributed by atoms with Crippen molar-refractivity contribution in [1.29, 1.82) is 5.41 Å². The molecule has 104 valence electrons. The van der Waals surface area contributed by atoms with Gasteiger partial charge in [-0.2, -0.15) is 5.10 Å². The number of nitrogens with two attached hydrogens (primary N) is 1. The molecule has 0 fully saturated rings. The van der Waals surface area contributed by atoms with E-state index in [9.17, 15) is 0 Å². The van der Waals surface area contributed by atoms with E-state index in [0.717, 1.165) is 15.9 Å². The van der Waals surface area contributed by atoms with Gasteiger partial charge < -0.3 is 5.73 Å². The number of fused-ring (bicyclic) bond motifs is 1. The number of hydrogen-bond donors (Lipinski definition) is 3. The van der Waals surface area contributed by atoms with Gasteiger partial charge in [0.05, 0.1) is 15.9 Å². The molecule has 0 spiro atoms. The molecule has 0 bridgehead atoms. The Morgan fingerprint density at radius 2 is 1.76 bits per heavy atom. The van der Waals surface area contributed by atoms with E-state index in [1.807, 2.05) is 54.6 Å². The summed E-state index contributed by atoms with van der Waals surface area (Å²) in [5.41, 5.74) is 10.5. The topological polar surface area (TPSA) is 87.2 Å². The molecule has 0 aliphatic rings. The molecule has 5 nitrogen and oxygen atoms in total. The fourth-order valence-electron chi connectivity index (χ4n) is 1.83. The third kappa shape index (κ3) is 2.90. The van der Waals surface area contributed by atoms with Gasteiger partial charge in [0.2, 0.25) is 0 Å². The molecule has 0 amide bonds. The summed E-state index contributed by atoms with van der Waals surface area (Å²) in [4.78, 5) is 4.35. The lowest BCUT2D eigenvalue weighted by atomic mass is 10.3. The van der Waals surface area contributed by atoms with Crippen molar-refractivity contribution in [2.45, 2.75) is 0 Å². The lowest BCUT2D eigenvalue weighted by Gasteiger charge is -1.97. The fourth-order valence-corrected chi connectivity index (χ4v) is 2.67. The first-order valence-corrected chi connectivity index (χ1v) is 7.15. The number of anilines is 2. The average Bonchev–Trinajstić information content (AvgIpc) is 2.62. The van der Waals surface area contributed by atoms with Gasteiger partial charge in [0.25, 0.3) is 0 Å². The number of para-hydroxylation sites is 2. The molecule has 3 rings (SSSR count). The molecule has 0 atom stereocenters. The van der Waals surface area contributed by atoms with Gasteiger partial charge in [0.1, 0.15) is 4.67 Å². The Morgan fingerprint density at radius 1 is 1.05 bits per heavy atom. The minimum Gasteiger partial charge on any atom is -0.382 e. The van der Waals surface area contributed by atoms with E-state index in [0.29, 0.717) is 5.36 Å². The number of rotatable bonds is 2. The normalized spacial score (nSPS) is 11.5. The first-order chi connectivity index (χ1) is 10.2. The third-order valence-electron chi connectivity index (χ3n) is 2.85. The van der Waals surface area contributed by atoms with Crippen molar-refractivity contribution in [2.24, 2.45) is 5.10 Å². The number of nitrogens with one attached hydrogen (secondary N) is 2. The van der Waals surface area contributed by atoms with Crippen LogP contribution in [0.4, 0.5) is 11.5 Å². The zero-order chi connectivity index (χ0) is 14.7. The highest BCUT2D eigenvalue weighted by Crippen LogP contribution is 2.11. The summed E-state index contributed by atoms with van der Waals surface area (Å²) in [5.74, 6) is 0.237. The molecule has 0 aliphatic carbocycles. The maximum absolute atomic E-state index is 8.14. The summed E-state index contributed by atoms with van der Waals surface area (Å²) >= 11 is 1.30. The fraction of sp³-hybridized carbons (Fsp3) is 0. The van der Waals surface area contributed by atoms with Crippen molar-refractivity contribution in [3.05, 3.63) is 64.6 Å². The van der Waals surface area contributed by atoms with Gasteiger partial charge in [-0.1, -0.05) is 30.3 Å². The largest absolute Gasteiger partial charge is 0.382 e. The zero-order valence-electron chi connectivity index (χ0n) is 11.1. The molecule has 4 N–H and O–H groups in total. The van der Waals surface area contributed by atoms with Crippen LogP contribution in [0.5, 0.6) is 0 Å². The number of benzene rings is 2. The SMILES string of the molecule is N=c1sc2ccccc2nc(N)/c1=N\Nc1ccccc1. The average molecular weight is 295 g/mol. The molecule has 0 unspecified atom stereocenters. The van der Waals surface area contributed by atoms with Crippen molar-refractivity contribution in [3.8, 4) is 0 Å². The Morgan fingerprint density at radius 3 is 2.57 bits per heavy atom. The minimum atomic E-state index is 0.237. The highest BCUT2D eigenvalue weighted by atomic mass is 32.1. The first kappa shape index (κ1) is 13.3. The smallest absolute Gasteiger partial charge is 0.160 e. The van der Waals surface area contributed by atoms with Crippen molar-refractivity contribution in [2.75, 3.05) is 11.2 Å². The van der Waals surface area contributed by atoms with Gasteiger partial charge in [-0.3, -0.25) is 10.8 Å². The number of nitrogen functional groups attached to an aromatic ring is 1. The van der Waals surface area contributed by atoms with Crippen LogP contribution in [0.3, 0.4) is 0 Å². The Labute approximate surface area is 124 Å². The molecule has 1 aromatic heterocycles. The van der Waals surface area contributed by atoms with Gasteiger partial charge in [-0.15, -0.1) is 11.3 Å². The van der Waals surface area contributed by atoms with Crippen molar-refractivity contribution in [1.82, 2.24) is 4.98 Å². The predicted molar refractivity (Wildman–Crippen MR) is 85.5 cm³/mol. The summed E-state index contributed by atoms with van der Waals surface area (Å²) in [6, 6.07) is 17.1. The van der Waals surface area contributed by atoms with Crippen LogP contribution in [0, 0.1) is 5.41 Å². The van der Waals surface area contributed by atoms with Gasteiger partial charge in [0, 0.05) is 0 Å². The molecule has 0 aliphatic heterocycles. The van der Waals surface area contributed by atoms with Crippen molar-refractivity contribution < 1.29 is 0 Å². The Kier molecular flexibility index (Phi) is 3.61. The maximum Gasteiger partial charge on any atom is 0.160 e. The maximum atomic E-state index is 8.14.